The predicted octanol–water partition coefficient (Wildman–Crippen LogP) is 0.397. The van der Waals surface area contributed by atoms with E-state index >= 15 is 0 Å². The maximum Gasteiger partial charge on any atom is 0.208 e. The molecular formula is C10H19N5S. The molecule has 1 aliphatic heterocycles. The molecule has 1 fully saturated rings. The van der Waals surface area contributed by atoms with Crippen molar-refractivity contribution < 1.29 is 0 Å². The minimum atomic E-state index is 0.104. The summed E-state index contributed by atoms with van der Waals surface area (Å²) < 4.78 is 0. The highest BCUT2D eigenvalue weighted by atomic mass is 32.1. The molecule has 90 valence electrons. The fourth-order valence-electron chi connectivity index (χ4n) is 1.94. The summed E-state index contributed by atoms with van der Waals surface area (Å²) >= 11 is 1.60. The molecular weight excluding hydrogens is 222 g/mol. The van der Waals surface area contributed by atoms with Crippen molar-refractivity contribution in [3.05, 3.63) is 5.51 Å². The number of hydrogen-bond acceptors (Lipinski definition) is 6. The normalized spacial score (nSPS) is 19.1. The third-order valence-corrected chi connectivity index (χ3v) is 4.00. The largest absolute Gasteiger partial charge is 0.344 e. The number of rotatable bonds is 3. The van der Waals surface area contributed by atoms with E-state index in [2.05, 4.69) is 33.8 Å². The molecule has 2 heterocycles. The maximum absolute atomic E-state index is 5.79. The van der Waals surface area contributed by atoms with Crippen molar-refractivity contribution in [3.63, 3.8) is 0 Å². The van der Waals surface area contributed by atoms with Gasteiger partial charge in [-0.05, 0) is 13.8 Å². The van der Waals surface area contributed by atoms with E-state index in [1.165, 1.54) is 0 Å². The lowest BCUT2D eigenvalue weighted by atomic mass is 10.0. The first-order chi connectivity index (χ1) is 7.63. The Morgan fingerprint density at radius 3 is 2.56 bits per heavy atom. The van der Waals surface area contributed by atoms with Gasteiger partial charge >= 0.3 is 0 Å². The third kappa shape index (κ3) is 2.34. The van der Waals surface area contributed by atoms with Crippen molar-refractivity contribution in [2.45, 2.75) is 19.4 Å². The first kappa shape index (κ1) is 11.8. The van der Waals surface area contributed by atoms with E-state index in [-0.39, 0.29) is 5.54 Å². The zero-order valence-corrected chi connectivity index (χ0v) is 10.7. The van der Waals surface area contributed by atoms with E-state index in [4.69, 9.17) is 5.73 Å². The van der Waals surface area contributed by atoms with Crippen LogP contribution in [-0.2, 0) is 0 Å². The average Bonchev–Trinajstić information content (AvgIpc) is 2.83. The lowest BCUT2D eigenvalue weighted by Crippen LogP contribution is -2.57. The second kappa shape index (κ2) is 4.65. The van der Waals surface area contributed by atoms with Crippen LogP contribution in [0.15, 0.2) is 5.51 Å². The summed E-state index contributed by atoms with van der Waals surface area (Å²) in [5.41, 5.74) is 7.68. The number of anilines is 1. The van der Waals surface area contributed by atoms with Gasteiger partial charge in [-0.3, -0.25) is 4.90 Å². The zero-order valence-electron chi connectivity index (χ0n) is 9.89. The summed E-state index contributed by atoms with van der Waals surface area (Å²) in [5.74, 6) is 0. The molecule has 0 amide bonds. The van der Waals surface area contributed by atoms with E-state index in [0.717, 1.165) is 31.3 Å². The van der Waals surface area contributed by atoms with Crippen LogP contribution in [-0.4, -0.2) is 53.4 Å². The standard InChI is InChI=1S/C10H19N5S/c1-10(2,7-11)15-5-3-14(4-6-15)9-13-12-8-16-9/h8H,3-7,11H2,1-2H3. The summed E-state index contributed by atoms with van der Waals surface area (Å²) in [6.07, 6.45) is 0. The predicted molar refractivity (Wildman–Crippen MR) is 66.8 cm³/mol. The fourth-order valence-corrected chi connectivity index (χ4v) is 2.55. The van der Waals surface area contributed by atoms with Crippen molar-refractivity contribution in [1.29, 1.82) is 0 Å². The van der Waals surface area contributed by atoms with Gasteiger partial charge in [-0.15, -0.1) is 10.2 Å². The molecule has 1 aromatic heterocycles. The van der Waals surface area contributed by atoms with Crippen LogP contribution in [0.25, 0.3) is 0 Å². The number of piperazine rings is 1. The minimum Gasteiger partial charge on any atom is -0.344 e. The summed E-state index contributed by atoms with van der Waals surface area (Å²) in [7, 11) is 0. The Kier molecular flexibility index (Phi) is 3.41. The summed E-state index contributed by atoms with van der Waals surface area (Å²) in [4.78, 5) is 4.74. The molecule has 2 rings (SSSR count). The molecule has 1 aliphatic rings. The molecule has 0 aromatic carbocycles. The Morgan fingerprint density at radius 1 is 1.38 bits per heavy atom. The van der Waals surface area contributed by atoms with Crippen LogP contribution in [0.4, 0.5) is 5.13 Å². The molecule has 0 unspecified atom stereocenters. The summed E-state index contributed by atoms with van der Waals surface area (Å²) in [6.45, 7) is 9.22. The average molecular weight is 241 g/mol. The number of hydrogen-bond donors (Lipinski definition) is 1. The molecule has 1 saturated heterocycles. The molecule has 6 heteroatoms. The Labute approximate surface area is 100 Å². The van der Waals surface area contributed by atoms with Gasteiger partial charge in [0.15, 0.2) is 0 Å². The molecule has 0 aliphatic carbocycles. The molecule has 0 saturated carbocycles. The SMILES string of the molecule is CC(C)(CN)N1CCN(c2nncs2)CC1. The van der Waals surface area contributed by atoms with Gasteiger partial charge in [-0.1, -0.05) is 11.3 Å². The van der Waals surface area contributed by atoms with E-state index in [1.807, 2.05) is 0 Å². The molecule has 5 nitrogen and oxygen atoms in total. The number of nitrogens with zero attached hydrogens (tertiary/aromatic N) is 4. The Morgan fingerprint density at radius 2 is 2.06 bits per heavy atom. The maximum atomic E-state index is 5.79. The van der Waals surface area contributed by atoms with E-state index < -0.39 is 0 Å². The van der Waals surface area contributed by atoms with Crippen LogP contribution in [0.3, 0.4) is 0 Å². The summed E-state index contributed by atoms with van der Waals surface area (Å²) in [6, 6.07) is 0. The monoisotopic (exact) mass is 241 g/mol. The van der Waals surface area contributed by atoms with Crippen molar-refractivity contribution in [2.24, 2.45) is 5.73 Å². The van der Waals surface area contributed by atoms with Crippen LogP contribution >= 0.6 is 11.3 Å². The molecule has 0 radical (unpaired) electrons. The Bertz CT molecular complexity index is 316. The van der Waals surface area contributed by atoms with E-state index in [1.54, 1.807) is 16.8 Å². The number of aromatic nitrogens is 2. The highest BCUT2D eigenvalue weighted by Gasteiger charge is 2.29. The molecule has 0 spiro atoms. The third-order valence-electron chi connectivity index (χ3n) is 3.25. The lowest BCUT2D eigenvalue weighted by Gasteiger charge is -2.43. The van der Waals surface area contributed by atoms with Crippen LogP contribution in [0.2, 0.25) is 0 Å². The second-order valence-corrected chi connectivity index (χ2v) is 5.52. The van der Waals surface area contributed by atoms with Gasteiger partial charge in [0.05, 0.1) is 0 Å². The lowest BCUT2D eigenvalue weighted by molar-refractivity contribution is 0.119. The first-order valence-electron chi connectivity index (χ1n) is 5.60. The highest BCUT2D eigenvalue weighted by Crippen LogP contribution is 2.21. The molecule has 0 bridgehead atoms. The van der Waals surface area contributed by atoms with Gasteiger partial charge < -0.3 is 10.6 Å². The van der Waals surface area contributed by atoms with Gasteiger partial charge in [0.2, 0.25) is 5.13 Å². The van der Waals surface area contributed by atoms with Crippen molar-refractivity contribution in [3.8, 4) is 0 Å². The highest BCUT2D eigenvalue weighted by molar-refractivity contribution is 7.13. The van der Waals surface area contributed by atoms with E-state index in [9.17, 15) is 0 Å². The Balaban J connectivity index is 1.92. The van der Waals surface area contributed by atoms with Gasteiger partial charge in [0.1, 0.15) is 5.51 Å². The van der Waals surface area contributed by atoms with Crippen molar-refractivity contribution >= 4 is 16.5 Å². The topological polar surface area (TPSA) is 58.3 Å². The van der Waals surface area contributed by atoms with Crippen LogP contribution in [0.1, 0.15) is 13.8 Å². The van der Waals surface area contributed by atoms with Gasteiger partial charge in [-0.2, -0.15) is 0 Å². The number of nitrogens with two attached hydrogens (primary N) is 1. The molecule has 2 N–H and O–H groups in total. The quantitative estimate of drug-likeness (QED) is 0.830. The van der Waals surface area contributed by atoms with E-state index in [0.29, 0.717) is 6.54 Å². The van der Waals surface area contributed by atoms with Crippen molar-refractivity contribution in [2.75, 3.05) is 37.6 Å². The zero-order chi connectivity index (χ0) is 11.6. The van der Waals surface area contributed by atoms with Crippen molar-refractivity contribution in [1.82, 2.24) is 15.1 Å². The minimum absolute atomic E-state index is 0.104. The Hall–Kier alpha value is -0.720. The molecule has 0 atom stereocenters. The van der Waals surface area contributed by atoms with Crippen LogP contribution in [0.5, 0.6) is 0 Å². The van der Waals surface area contributed by atoms with Crippen LogP contribution < -0.4 is 10.6 Å². The fraction of sp³-hybridized carbons (Fsp3) is 0.800. The van der Waals surface area contributed by atoms with Gasteiger partial charge in [-0.25, -0.2) is 0 Å². The molecule has 1 aromatic rings. The van der Waals surface area contributed by atoms with Gasteiger partial charge in [0, 0.05) is 38.3 Å². The van der Waals surface area contributed by atoms with Gasteiger partial charge in [0.25, 0.3) is 0 Å². The first-order valence-corrected chi connectivity index (χ1v) is 6.48. The summed E-state index contributed by atoms with van der Waals surface area (Å²) in [5, 5.41) is 9.01. The molecule has 16 heavy (non-hydrogen) atoms. The smallest absolute Gasteiger partial charge is 0.208 e. The van der Waals surface area contributed by atoms with Crippen LogP contribution in [0, 0.1) is 0 Å². The second-order valence-electron chi connectivity index (χ2n) is 4.71.